The Hall–Kier alpha value is -3.85. The first-order valence-corrected chi connectivity index (χ1v) is 10.3. The minimum Gasteiger partial charge on any atom is -0.384 e. The molecule has 2 N–H and O–H groups in total. The number of nitrogens with zero attached hydrogens (tertiary/aromatic N) is 3. The van der Waals surface area contributed by atoms with E-state index in [4.69, 9.17) is 5.73 Å². The first-order valence-electron chi connectivity index (χ1n) is 10.3. The molecule has 5 rings (SSSR count). The van der Waals surface area contributed by atoms with Crippen molar-refractivity contribution in [2.75, 3.05) is 16.8 Å². The van der Waals surface area contributed by atoms with Crippen molar-refractivity contribution in [3.63, 3.8) is 0 Å². The van der Waals surface area contributed by atoms with Gasteiger partial charge in [0.15, 0.2) is 5.78 Å². The highest BCUT2D eigenvalue weighted by Crippen LogP contribution is 2.56. The van der Waals surface area contributed by atoms with E-state index in [-0.39, 0.29) is 23.1 Å². The van der Waals surface area contributed by atoms with Crippen molar-refractivity contribution in [3.8, 4) is 6.07 Å². The number of likely N-dealkylation sites (N-methyl/N-ethyl adjacent to an activating group) is 1. The molecule has 154 valence electrons. The Balaban J connectivity index is 1.91. The van der Waals surface area contributed by atoms with E-state index in [0.717, 1.165) is 16.9 Å². The molecule has 0 aromatic heterocycles. The van der Waals surface area contributed by atoms with Gasteiger partial charge in [-0.1, -0.05) is 30.3 Å². The second-order valence-corrected chi connectivity index (χ2v) is 8.28. The van der Waals surface area contributed by atoms with Gasteiger partial charge in [0.25, 0.3) is 0 Å². The van der Waals surface area contributed by atoms with Gasteiger partial charge in [-0.15, -0.1) is 0 Å². The molecule has 0 fully saturated rings. The molecule has 0 saturated heterocycles. The highest BCUT2D eigenvalue weighted by atomic mass is 16.2. The zero-order valence-corrected chi connectivity index (χ0v) is 17.5. The van der Waals surface area contributed by atoms with Crippen LogP contribution in [0.15, 0.2) is 71.2 Å². The number of allylic oxidation sites excluding steroid dienone is 1. The topological polar surface area (TPSA) is 90.4 Å². The van der Waals surface area contributed by atoms with Crippen molar-refractivity contribution in [1.82, 2.24) is 0 Å². The van der Waals surface area contributed by atoms with E-state index < -0.39 is 5.41 Å². The molecule has 2 aliphatic heterocycles. The van der Waals surface area contributed by atoms with Gasteiger partial charge in [0.05, 0.1) is 5.57 Å². The minimum absolute atomic E-state index is 0.0994. The highest BCUT2D eigenvalue weighted by Gasteiger charge is 2.61. The lowest BCUT2D eigenvalue weighted by Crippen LogP contribution is -2.52. The summed E-state index contributed by atoms with van der Waals surface area (Å²) in [6, 6.07) is 17.4. The van der Waals surface area contributed by atoms with Crippen LogP contribution < -0.4 is 15.5 Å². The highest BCUT2D eigenvalue weighted by molar-refractivity contribution is 6.20. The fourth-order valence-corrected chi connectivity index (χ4v) is 5.30. The molecular weight excluding hydrogens is 388 g/mol. The molecule has 6 heteroatoms. The Morgan fingerprint density at radius 1 is 1.10 bits per heavy atom. The van der Waals surface area contributed by atoms with Crippen LogP contribution in [0.2, 0.25) is 0 Å². The van der Waals surface area contributed by atoms with Crippen LogP contribution in [0.1, 0.15) is 30.4 Å². The molecule has 0 saturated carbocycles. The summed E-state index contributed by atoms with van der Waals surface area (Å²) in [7, 11) is 1.68. The number of amides is 1. The number of para-hydroxylation sites is 1. The summed E-state index contributed by atoms with van der Waals surface area (Å²) >= 11 is 0. The van der Waals surface area contributed by atoms with Crippen LogP contribution in [0, 0.1) is 18.3 Å². The van der Waals surface area contributed by atoms with Gasteiger partial charge < -0.3 is 10.6 Å². The maximum Gasteiger partial charge on any atom is 0.247 e. The number of nitrogens with two attached hydrogens (primary N) is 1. The summed E-state index contributed by atoms with van der Waals surface area (Å²) in [6.45, 7) is 1.98. The zero-order chi connectivity index (χ0) is 21.9. The van der Waals surface area contributed by atoms with Gasteiger partial charge in [0, 0.05) is 41.7 Å². The first kappa shape index (κ1) is 19.1. The summed E-state index contributed by atoms with van der Waals surface area (Å²) in [6.07, 6.45) is 1.63. The van der Waals surface area contributed by atoms with Gasteiger partial charge in [-0.05, 0) is 43.5 Å². The summed E-state index contributed by atoms with van der Waals surface area (Å²) in [5.41, 5.74) is 9.56. The normalized spacial score (nSPS) is 22.7. The van der Waals surface area contributed by atoms with E-state index in [2.05, 4.69) is 6.07 Å². The van der Waals surface area contributed by atoms with Crippen LogP contribution in [0.4, 0.5) is 11.4 Å². The number of fused-ring (bicyclic) bond motifs is 3. The van der Waals surface area contributed by atoms with Gasteiger partial charge in [-0.25, -0.2) is 0 Å². The van der Waals surface area contributed by atoms with Gasteiger partial charge in [-0.2, -0.15) is 5.26 Å². The van der Waals surface area contributed by atoms with Crippen molar-refractivity contribution in [2.45, 2.75) is 31.6 Å². The molecule has 0 unspecified atom stereocenters. The summed E-state index contributed by atoms with van der Waals surface area (Å²) in [5.74, 6) is -0.197. The van der Waals surface area contributed by atoms with E-state index in [1.54, 1.807) is 11.9 Å². The maximum absolute atomic E-state index is 13.8. The maximum atomic E-state index is 13.8. The van der Waals surface area contributed by atoms with Crippen LogP contribution in [0.25, 0.3) is 0 Å². The third-order valence-electron chi connectivity index (χ3n) is 6.57. The number of anilines is 2. The predicted molar refractivity (Wildman–Crippen MR) is 118 cm³/mol. The predicted octanol–water partition coefficient (Wildman–Crippen LogP) is 3.43. The monoisotopic (exact) mass is 410 g/mol. The number of rotatable bonds is 1. The number of aryl methyl sites for hydroxylation is 1. The summed E-state index contributed by atoms with van der Waals surface area (Å²) in [4.78, 5) is 30.6. The Bertz CT molecular complexity index is 1270. The van der Waals surface area contributed by atoms with E-state index in [1.807, 2.05) is 55.5 Å². The van der Waals surface area contributed by atoms with Gasteiger partial charge in [0.1, 0.15) is 17.3 Å². The molecule has 2 aromatic carbocycles. The lowest BCUT2D eigenvalue weighted by Gasteiger charge is -2.43. The molecule has 1 spiro atoms. The van der Waals surface area contributed by atoms with Gasteiger partial charge in [0.2, 0.25) is 5.91 Å². The van der Waals surface area contributed by atoms with Gasteiger partial charge >= 0.3 is 0 Å². The average molecular weight is 410 g/mol. The molecule has 0 bridgehead atoms. The number of Topliss-reactive ketones (excluding diaryl/α,β-unsaturated/α-hetero) is 1. The van der Waals surface area contributed by atoms with Crippen molar-refractivity contribution in [2.24, 2.45) is 5.73 Å². The summed E-state index contributed by atoms with van der Waals surface area (Å²) in [5, 5.41) is 10.3. The fourth-order valence-electron chi connectivity index (χ4n) is 5.30. The van der Waals surface area contributed by atoms with Crippen molar-refractivity contribution in [3.05, 3.63) is 82.3 Å². The third kappa shape index (κ3) is 2.32. The molecule has 2 heterocycles. The molecule has 0 radical (unpaired) electrons. The number of hydrogen-bond donors (Lipinski definition) is 1. The lowest BCUT2D eigenvalue weighted by molar-refractivity contribution is -0.124. The molecule has 6 nitrogen and oxygen atoms in total. The van der Waals surface area contributed by atoms with Crippen LogP contribution in [-0.2, 0) is 15.0 Å². The molecule has 1 amide bonds. The molecule has 31 heavy (non-hydrogen) atoms. The molecular formula is C25H22N4O2. The fraction of sp³-hybridized carbons (Fsp3) is 0.240. The Kier molecular flexibility index (Phi) is 4.06. The lowest BCUT2D eigenvalue weighted by atomic mass is 9.64. The Morgan fingerprint density at radius 2 is 1.87 bits per heavy atom. The van der Waals surface area contributed by atoms with Gasteiger partial charge in [-0.3, -0.25) is 14.5 Å². The van der Waals surface area contributed by atoms with Crippen LogP contribution in [0.3, 0.4) is 0 Å². The average Bonchev–Trinajstić information content (AvgIpc) is 2.97. The van der Waals surface area contributed by atoms with Crippen LogP contribution in [-0.4, -0.2) is 18.7 Å². The van der Waals surface area contributed by atoms with E-state index in [0.29, 0.717) is 36.1 Å². The third-order valence-corrected chi connectivity index (χ3v) is 6.57. The Morgan fingerprint density at radius 3 is 2.61 bits per heavy atom. The van der Waals surface area contributed by atoms with E-state index in [9.17, 15) is 14.9 Å². The van der Waals surface area contributed by atoms with Crippen LogP contribution >= 0.6 is 0 Å². The minimum atomic E-state index is -1.49. The molecule has 3 aliphatic rings. The smallest absolute Gasteiger partial charge is 0.247 e. The van der Waals surface area contributed by atoms with E-state index >= 15 is 0 Å². The largest absolute Gasteiger partial charge is 0.384 e. The van der Waals surface area contributed by atoms with Crippen molar-refractivity contribution < 1.29 is 9.59 Å². The summed E-state index contributed by atoms with van der Waals surface area (Å²) < 4.78 is 0. The van der Waals surface area contributed by atoms with E-state index in [1.165, 1.54) is 4.90 Å². The molecule has 1 aliphatic carbocycles. The standard InChI is InChI=1S/C25H22N4O2/c1-15-7-5-8-16(13-15)29-20-11-6-12-21(30)22(20)25(18(14-26)23(29)27)17-9-3-4-10-19(17)28(2)24(25)31/h3-5,7-10,13H,6,11-12,27H2,1-2H3/t25-/m0/s1. The number of hydrogen-bond acceptors (Lipinski definition) is 5. The van der Waals surface area contributed by atoms with Crippen molar-refractivity contribution >= 4 is 23.1 Å². The molecule has 2 aromatic rings. The SMILES string of the molecule is Cc1cccc(N2C(N)=C(C#N)[C@]3(C(=O)N(C)c4ccccc43)C3=C2CCCC3=O)c1. The molecule has 1 atom stereocenters. The van der Waals surface area contributed by atoms with Crippen LogP contribution in [0.5, 0.6) is 0 Å². The first-order chi connectivity index (χ1) is 14.9. The second kappa shape index (κ2) is 6.58. The zero-order valence-electron chi connectivity index (χ0n) is 17.5. The number of benzene rings is 2. The number of nitriles is 1. The number of ketones is 1. The number of carbonyl (C=O) groups excluding carboxylic acids is 2. The Labute approximate surface area is 180 Å². The second-order valence-electron chi connectivity index (χ2n) is 8.28. The quantitative estimate of drug-likeness (QED) is 0.778. The van der Waals surface area contributed by atoms with Crippen molar-refractivity contribution in [1.29, 1.82) is 5.26 Å². The number of carbonyl (C=O) groups is 2.